The molecule has 4 nitrogen and oxygen atoms in total. The van der Waals surface area contributed by atoms with Gasteiger partial charge in [-0.3, -0.25) is 0 Å². The first-order chi connectivity index (χ1) is 4.54. The van der Waals surface area contributed by atoms with Gasteiger partial charge in [-0.2, -0.15) is 0 Å². The Morgan fingerprint density at radius 1 is 1.50 bits per heavy atom. The number of carbonyl (C=O) groups excluding carboxylic acids is 2. The number of rotatable bonds is 3. The molecule has 0 heterocycles. The van der Waals surface area contributed by atoms with Gasteiger partial charge in [-0.25, -0.2) is 9.59 Å². The largest absolute Gasteiger partial charge is 0.466 e. The molecule has 0 bridgehead atoms. The summed E-state index contributed by atoms with van der Waals surface area (Å²) in [7, 11) is 1.22. The molecule has 0 fully saturated rings. The number of carbonyl (C=O) groups is 1. The van der Waals surface area contributed by atoms with Crippen LogP contribution in [0.5, 0.6) is 0 Å². The highest BCUT2D eigenvalue weighted by molar-refractivity contribution is 5.79. The van der Waals surface area contributed by atoms with Crippen molar-refractivity contribution in [2.24, 2.45) is 0 Å². The van der Waals surface area contributed by atoms with Gasteiger partial charge in [0.05, 0.1) is 7.11 Å². The fourth-order valence-electron chi connectivity index (χ4n) is 0.392. The fourth-order valence-corrected chi connectivity index (χ4v) is 0.392. The monoisotopic (exact) mass is 145 g/mol. The van der Waals surface area contributed by atoms with E-state index >= 15 is 0 Å². The number of hydrogen-bond donors (Lipinski definition) is 0. The zero-order valence-corrected chi connectivity index (χ0v) is 6.13. The Labute approximate surface area is 59.1 Å². The maximum Gasteiger partial charge on any atom is 0.418 e. The molecule has 0 aliphatic carbocycles. The molecule has 1 radical (unpaired) electrons. The Balaban J connectivity index is 4.08. The molecule has 4 heteroatoms. The quantitative estimate of drug-likeness (QED) is 0.525. The Kier molecular flexibility index (Phi) is 2.86. The summed E-state index contributed by atoms with van der Waals surface area (Å²) >= 11 is 0. The van der Waals surface area contributed by atoms with Gasteiger partial charge in [0.25, 0.3) is 0 Å². The van der Waals surface area contributed by atoms with E-state index in [9.17, 15) is 9.59 Å². The van der Waals surface area contributed by atoms with Crippen molar-refractivity contribution in [3.05, 3.63) is 0 Å². The third-order valence-electron chi connectivity index (χ3n) is 0.974. The van der Waals surface area contributed by atoms with Gasteiger partial charge < -0.3 is 9.47 Å². The highest BCUT2D eigenvalue weighted by atomic mass is 16.6. The van der Waals surface area contributed by atoms with Gasteiger partial charge in [0, 0.05) is 0 Å². The second-order valence-electron chi connectivity index (χ2n) is 2.19. The predicted octanol–water partition coefficient (Wildman–Crippen LogP) is 0.0218. The van der Waals surface area contributed by atoms with E-state index in [0.717, 1.165) is 0 Å². The van der Waals surface area contributed by atoms with Gasteiger partial charge in [0.2, 0.25) is 5.60 Å². The van der Waals surface area contributed by atoms with Crippen molar-refractivity contribution in [1.82, 2.24) is 0 Å². The summed E-state index contributed by atoms with van der Waals surface area (Å²) in [5.74, 6) is -0.601. The Bertz CT molecular complexity index is 139. The van der Waals surface area contributed by atoms with Crippen molar-refractivity contribution in [2.75, 3.05) is 7.11 Å². The molecule has 0 aliphatic rings. The molecule has 0 saturated carbocycles. The minimum Gasteiger partial charge on any atom is -0.466 e. The fraction of sp³-hybridized carbons (Fsp3) is 0.667. The molecule has 0 spiro atoms. The van der Waals surface area contributed by atoms with Gasteiger partial charge >= 0.3 is 12.4 Å². The summed E-state index contributed by atoms with van der Waals surface area (Å²) in [4.78, 5) is 20.4. The van der Waals surface area contributed by atoms with E-state index in [0.29, 0.717) is 0 Å². The number of ether oxygens (including phenoxy) is 2. The summed E-state index contributed by atoms with van der Waals surface area (Å²) < 4.78 is 8.63. The van der Waals surface area contributed by atoms with Crippen LogP contribution >= 0.6 is 0 Å². The van der Waals surface area contributed by atoms with E-state index in [1.807, 2.05) is 0 Å². The van der Waals surface area contributed by atoms with Crippen molar-refractivity contribution in [1.29, 1.82) is 0 Å². The molecule has 0 atom stereocenters. The SMILES string of the molecule is COC(=O)C(C)(C)O[C]=O. The lowest BCUT2D eigenvalue weighted by Gasteiger charge is -2.17. The average molecular weight is 145 g/mol. The van der Waals surface area contributed by atoms with Crippen molar-refractivity contribution in [2.45, 2.75) is 19.4 Å². The lowest BCUT2D eigenvalue weighted by atomic mass is 10.1. The van der Waals surface area contributed by atoms with E-state index in [1.165, 1.54) is 27.4 Å². The van der Waals surface area contributed by atoms with Gasteiger partial charge in [0.15, 0.2) is 0 Å². The van der Waals surface area contributed by atoms with Crippen molar-refractivity contribution >= 4 is 12.4 Å². The van der Waals surface area contributed by atoms with Gasteiger partial charge in [-0.05, 0) is 13.8 Å². The maximum absolute atomic E-state index is 10.7. The zero-order chi connectivity index (χ0) is 8.20. The summed E-state index contributed by atoms with van der Waals surface area (Å²) in [6.45, 7) is 4.01. The van der Waals surface area contributed by atoms with Crippen LogP contribution in [0, 0.1) is 0 Å². The Morgan fingerprint density at radius 3 is 2.30 bits per heavy atom. The normalized spacial score (nSPS) is 10.3. The van der Waals surface area contributed by atoms with Crippen LogP contribution in [0.2, 0.25) is 0 Å². The molecule has 0 aromatic heterocycles. The van der Waals surface area contributed by atoms with E-state index in [1.54, 1.807) is 0 Å². The zero-order valence-electron chi connectivity index (χ0n) is 6.13. The topological polar surface area (TPSA) is 52.6 Å². The first kappa shape index (κ1) is 8.94. The molecule has 0 saturated heterocycles. The van der Waals surface area contributed by atoms with Crippen molar-refractivity contribution in [3.8, 4) is 0 Å². The first-order valence-electron chi connectivity index (χ1n) is 2.68. The van der Waals surface area contributed by atoms with Crippen LogP contribution in [0.3, 0.4) is 0 Å². The average Bonchev–Trinajstić information content (AvgIpc) is 1.86. The van der Waals surface area contributed by atoms with Crippen molar-refractivity contribution in [3.63, 3.8) is 0 Å². The lowest BCUT2D eigenvalue weighted by molar-refractivity contribution is -0.157. The summed E-state index contributed by atoms with van der Waals surface area (Å²) in [5, 5.41) is 0. The smallest absolute Gasteiger partial charge is 0.418 e. The van der Waals surface area contributed by atoms with Gasteiger partial charge in [-0.15, -0.1) is 0 Å². The van der Waals surface area contributed by atoms with E-state index < -0.39 is 11.6 Å². The molecule has 0 aromatic rings. The molecule has 0 aromatic carbocycles. The molecule has 0 rings (SSSR count). The van der Waals surface area contributed by atoms with Crippen LogP contribution in [-0.4, -0.2) is 25.2 Å². The maximum atomic E-state index is 10.7. The Hall–Kier alpha value is -1.06. The number of hydrogen-bond acceptors (Lipinski definition) is 4. The lowest BCUT2D eigenvalue weighted by Crippen LogP contribution is -2.35. The minimum atomic E-state index is -1.23. The van der Waals surface area contributed by atoms with E-state index in [2.05, 4.69) is 9.47 Å². The molecular weight excluding hydrogens is 136 g/mol. The Morgan fingerprint density at radius 2 is 2.00 bits per heavy atom. The predicted molar refractivity (Wildman–Crippen MR) is 32.9 cm³/mol. The minimum absolute atomic E-state index is 0.601. The van der Waals surface area contributed by atoms with Crippen LogP contribution in [0.1, 0.15) is 13.8 Å². The third-order valence-corrected chi connectivity index (χ3v) is 0.974. The van der Waals surface area contributed by atoms with Crippen LogP contribution in [0.15, 0.2) is 0 Å². The van der Waals surface area contributed by atoms with Crippen molar-refractivity contribution < 1.29 is 19.1 Å². The van der Waals surface area contributed by atoms with Crippen LogP contribution in [-0.2, 0) is 19.1 Å². The van der Waals surface area contributed by atoms with Crippen LogP contribution < -0.4 is 0 Å². The van der Waals surface area contributed by atoms with Gasteiger partial charge in [0.1, 0.15) is 0 Å². The molecule has 57 valence electrons. The first-order valence-corrected chi connectivity index (χ1v) is 2.68. The number of methoxy groups -OCH3 is 1. The molecule has 10 heavy (non-hydrogen) atoms. The highest BCUT2D eigenvalue weighted by Gasteiger charge is 2.30. The van der Waals surface area contributed by atoms with Crippen LogP contribution in [0.4, 0.5) is 0 Å². The second-order valence-corrected chi connectivity index (χ2v) is 2.19. The molecule has 0 amide bonds. The second kappa shape index (κ2) is 3.20. The molecule has 0 aliphatic heterocycles. The van der Waals surface area contributed by atoms with Gasteiger partial charge in [-0.1, -0.05) is 0 Å². The van der Waals surface area contributed by atoms with E-state index in [4.69, 9.17) is 0 Å². The molecular formula is C6H9O4. The highest BCUT2D eigenvalue weighted by Crippen LogP contribution is 2.08. The third kappa shape index (κ3) is 2.05. The summed E-state index contributed by atoms with van der Waals surface area (Å²) in [6, 6.07) is 0. The van der Waals surface area contributed by atoms with Crippen LogP contribution in [0.25, 0.3) is 0 Å². The van der Waals surface area contributed by atoms with E-state index in [-0.39, 0.29) is 0 Å². The molecule has 0 N–H and O–H groups in total. The summed E-state index contributed by atoms with van der Waals surface area (Å²) in [5.41, 5.74) is -1.23. The number of esters is 1. The standard InChI is InChI=1S/C6H9O4/c1-6(2,10-4-7)5(8)9-3/h1-3H3. The summed E-state index contributed by atoms with van der Waals surface area (Å²) in [6.07, 6.45) is 0. The molecule has 0 unspecified atom stereocenters.